The van der Waals surface area contributed by atoms with Crippen molar-refractivity contribution in [3.05, 3.63) is 125 Å². The highest BCUT2D eigenvalue weighted by Crippen LogP contribution is 2.35. The lowest BCUT2D eigenvalue weighted by molar-refractivity contribution is -0.170. The second kappa shape index (κ2) is 17.4. The summed E-state index contributed by atoms with van der Waals surface area (Å²) in [4.78, 5) is 56.0. The molecular weight excluding hydrogens is 687 g/mol. The number of carbonyl (C=O) groups excluding carboxylic acids is 4. The van der Waals surface area contributed by atoms with E-state index in [1.165, 1.54) is 12.1 Å². The van der Waals surface area contributed by atoms with Gasteiger partial charge in [0.25, 0.3) is 5.91 Å². The van der Waals surface area contributed by atoms with Crippen molar-refractivity contribution in [2.24, 2.45) is 0 Å². The molecule has 0 aliphatic heterocycles. The van der Waals surface area contributed by atoms with E-state index in [0.29, 0.717) is 27.9 Å². The molecule has 11 heteroatoms. The zero-order chi connectivity index (χ0) is 38.0. The Morgan fingerprint density at radius 1 is 0.679 bits per heavy atom. The fourth-order valence-corrected chi connectivity index (χ4v) is 6.66. The monoisotopic (exact) mass is 729 g/mol. The molecule has 0 spiro atoms. The summed E-state index contributed by atoms with van der Waals surface area (Å²) in [6.45, 7) is 2.57. The average molecular weight is 730 g/mol. The van der Waals surface area contributed by atoms with Crippen LogP contribution in [0.3, 0.4) is 0 Å². The molecule has 0 saturated heterocycles. The average Bonchev–Trinajstić information content (AvgIpc) is 3.16. The summed E-state index contributed by atoms with van der Waals surface area (Å²) in [6.07, 6.45) is -0.155. The van der Waals surface area contributed by atoms with Gasteiger partial charge in [0.05, 0.1) is 25.2 Å². The van der Waals surface area contributed by atoms with Crippen molar-refractivity contribution in [1.82, 2.24) is 0 Å². The number of hydrogen-bond donors (Lipinski definition) is 0. The van der Waals surface area contributed by atoms with Crippen LogP contribution in [0.15, 0.2) is 103 Å². The molecule has 0 atom stereocenters. The summed E-state index contributed by atoms with van der Waals surface area (Å²) < 4.78 is 55.9. The topological polar surface area (TPSA) is 99.2 Å². The van der Waals surface area contributed by atoms with Gasteiger partial charge in [0.15, 0.2) is 0 Å². The third-order valence-corrected chi connectivity index (χ3v) is 9.37. The van der Waals surface area contributed by atoms with E-state index >= 15 is 0 Å². The van der Waals surface area contributed by atoms with E-state index in [2.05, 4.69) is 0 Å². The van der Waals surface area contributed by atoms with Crippen LogP contribution in [0.5, 0.6) is 0 Å². The van der Waals surface area contributed by atoms with Gasteiger partial charge in [0, 0.05) is 17.3 Å². The number of anilines is 1. The molecule has 0 N–H and O–H groups in total. The summed E-state index contributed by atoms with van der Waals surface area (Å²) in [5.41, 5.74) is 0.00436. The van der Waals surface area contributed by atoms with Gasteiger partial charge in [0.2, 0.25) is 5.41 Å². The molecule has 53 heavy (non-hydrogen) atoms. The molecule has 0 heterocycles. The van der Waals surface area contributed by atoms with Crippen LogP contribution in [0.25, 0.3) is 11.1 Å². The molecule has 5 rings (SSSR count). The quantitative estimate of drug-likeness (QED) is 0.0773. The maximum absolute atomic E-state index is 14.4. The van der Waals surface area contributed by atoms with Crippen molar-refractivity contribution in [3.63, 3.8) is 0 Å². The van der Waals surface area contributed by atoms with Crippen LogP contribution in [0, 0.1) is 0 Å². The first-order valence-electron chi connectivity index (χ1n) is 17.7. The van der Waals surface area contributed by atoms with Gasteiger partial charge in [-0.25, -0.2) is 0 Å². The lowest BCUT2D eigenvalue weighted by Gasteiger charge is -2.35. The van der Waals surface area contributed by atoms with Gasteiger partial charge >= 0.3 is 24.1 Å². The van der Waals surface area contributed by atoms with E-state index in [-0.39, 0.29) is 37.1 Å². The third-order valence-electron chi connectivity index (χ3n) is 9.37. The molecular formula is C42H42F3NO7. The number of benzene rings is 4. The highest BCUT2D eigenvalue weighted by atomic mass is 19.4. The van der Waals surface area contributed by atoms with E-state index in [9.17, 15) is 32.3 Å². The largest absolute Gasteiger partial charge is 0.465 e. The minimum Gasteiger partial charge on any atom is -0.465 e. The number of ether oxygens (including phenoxy) is 3. The Balaban J connectivity index is 1.38. The lowest BCUT2D eigenvalue weighted by atomic mass is 9.81. The van der Waals surface area contributed by atoms with Crippen molar-refractivity contribution in [3.8, 4) is 11.1 Å². The predicted octanol–water partition coefficient (Wildman–Crippen LogP) is 8.50. The van der Waals surface area contributed by atoms with Crippen molar-refractivity contribution in [2.75, 3.05) is 24.7 Å². The highest BCUT2D eigenvalue weighted by Gasteiger charge is 2.52. The van der Waals surface area contributed by atoms with Crippen LogP contribution in [0.2, 0.25) is 0 Å². The number of rotatable bonds is 13. The maximum atomic E-state index is 14.4. The van der Waals surface area contributed by atoms with Crippen LogP contribution >= 0.6 is 0 Å². The standard InChI is InChI=1S/C42H42F3NO7/c1-3-51-39(49)41(40(50)52-4-2,31-13-7-5-8-14-31)28-53-37(47)27-29-19-25-34(26-20-29)46(33-15-9-6-10-16-33)38(48)36-18-12-11-17-35(36)30-21-23-32(24-22-30)42(43,44)45/h5,7-8,11-14,17-26,33H,3-4,6,9-10,15-16,27-28H2,1-2H3. The van der Waals surface area contributed by atoms with Gasteiger partial charge in [-0.05, 0) is 79.3 Å². The number of esters is 3. The van der Waals surface area contributed by atoms with Gasteiger partial charge in [-0.1, -0.05) is 92.1 Å². The van der Waals surface area contributed by atoms with Crippen molar-refractivity contribution >= 4 is 29.5 Å². The van der Waals surface area contributed by atoms with Crippen LogP contribution < -0.4 is 4.90 Å². The van der Waals surface area contributed by atoms with E-state index in [1.54, 1.807) is 97.6 Å². The van der Waals surface area contributed by atoms with Crippen molar-refractivity contribution in [2.45, 2.75) is 70.0 Å². The molecule has 8 nitrogen and oxygen atoms in total. The fraction of sp³-hybridized carbons (Fsp3) is 0.333. The van der Waals surface area contributed by atoms with E-state index in [1.807, 2.05) is 0 Å². The van der Waals surface area contributed by atoms with E-state index in [4.69, 9.17) is 14.2 Å². The first kappa shape index (κ1) is 38.8. The molecule has 1 amide bonds. The molecule has 4 aromatic carbocycles. The molecule has 4 aromatic rings. The van der Waals surface area contributed by atoms with Crippen LogP contribution in [-0.2, 0) is 46.6 Å². The number of amides is 1. The SMILES string of the molecule is CCOC(=O)C(COC(=O)Cc1ccc(N(C(=O)c2ccccc2-c2ccc(C(F)(F)F)cc2)C2CCCCC2)cc1)(C(=O)OCC)c1ccccc1. The molecule has 0 bridgehead atoms. The minimum absolute atomic E-state index is 0.00582. The molecule has 0 unspecified atom stereocenters. The Kier molecular flexibility index (Phi) is 12.7. The Bertz CT molecular complexity index is 1850. The maximum Gasteiger partial charge on any atom is 0.416 e. The number of nitrogens with zero attached hydrogens (tertiary/aromatic N) is 1. The van der Waals surface area contributed by atoms with Crippen LogP contribution in [0.4, 0.5) is 18.9 Å². The number of halogens is 3. The summed E-state index contributed by atoms with van der Waals surface area (Å²) in [5.74, 6) is -2.77. The second-order valence-electron chi connectivity index (χ2n) is 12.8. The minimum atomic E-state index is -4.48. The molecule has 0 radical (unpaired) electrons. The van der Waals surface area contributed by atoms with Gasteiger partial charge in [-0.2, -0.15) is 13.2 Å². The zero-order valence-electron chi connectivity index (χ0n) is 29.7. The first-order valence-corrected chi connectivity index (χ1v) is 17.7. The molecule has 1 saturated carbocycles. The summed E-state index contributed by atoms with van der Waals surface area (Å²) in [7, 11) is 0. The first-order chi connectivity index (χ1) is 25.5. The molecule has 1 aliphatic rings. The van der Waals surface area contributed by atoms with Crippen LogP contribution in [-0.4, -0.2) is 49.7 Å². The second-order valence-corrected chi connectivity index (χ2v) is 12.8. The van der Waals surface area contributed by atoms with E-state index < -0.39 is 41.7 Å². The van der Waals surface area contributed by atoms with Crippen molar-refractivity contribution < 1.29 is 46.6 Å². The number of carbonyl (C=O) groups is 4. The Morgan fingerprint density at radius 2 is 1.26 bits per heavy atom. The number of hydrogen-bond acceptors (Lipinski definition) is 7. The summed E-state index contributed by atoms with van der Waals surface area (Å²) >= 11 is 0. The van der Waals surface area contributed by atoms with Gasteiger partial charge < -0.3 is 19.1 Å². The smallest absolute Gasteiger partial charge is 0.416 e. The zero-order valence-corrected chi connectivity index (χ0v) is 29.7. The van der Waals surface area contributed by atoms with Crippen molar-refractivity contribution in [1.29, 1.82) is 0 Å². The third kappa shape index (κ3) is 8.96. The highest BCUT2D eigenvalue weighted by molar-refractivity contribution is 6.10. The predicted molar refractivity (Wildman–Crippen MR) is 193 cm³/mol. The molecule has 0 aromatic heterocycles. The fourth-order valence-electron chi connectivity index (χ4n) is 6.66. The van der Waals surface area contributed by atoms with Crippen LogP contribution in [0.1, 0.15) is 73.0 Å². The Labute approximate surface area is 306 Å². The Morgan fingerprint density at radius 3 is 1.85 bits per heavy atom. The molecule has 278 valence electrons. The Hall–Kier alpha value is -5.45. The normalized spacial score (nSPS) is 13.5. The summed E-state index contributed by atoms with van der Waals surface area (Å²) in [5, 5.41) is 0. The molecule has 1 fully saturated rings. The van der Waals surface area contributed by atoms with Gasteiger partial charge in [-0.3, -0.25) is 19.2 Å². The lowest BCUT2D eigenvalue weighted by Crippen LogP contribution is -2.50. The number of alkyl halides is 3. The summed E-state index contributed by atoms with van der Waals surface area (Å²) in [6, 6.07) is 26.6. The van der Waals surface area contributed by atoms with Gasteiger partial charge in [0.1, 0.15) is 6.61 Å². The van der Waals surface area contributed by atoms with Gasteiger partial charge in [-0.15, -0.1) is 0 Å². The van der Waals surface area contributed by atoms with E-state index in [0.717, 1.165) is 44.2 Å². The molecule has 1 aliphatic carbocycles.